The first kappa shape index (κ1) is 19.6. The second-order valence-electron chi connectivity index (χ2n) is 10.5. The summed E-state index contributed by atoms with van der Waals surface area (Å²) in [4.78, 5) is 0. The van der Waals surface area contributed by atoms with Crippen molar-refractivity contribution in [3.8, 4) is 0 Å². The van der Waals surface area contributed by atoms with Crippen molar-refractivity contribution in [2.75, 3.05) is 0 Å². The fourth-order valence-electron chi connectivity index (χ4n) is 8.14. The molecule has 0 aromatic rings. The number of hydrazone groups is 1. The number of nitrogens with two attached hydrogens (primary N) is 1. The molecule has 4 aliphatic carbocycles. The summed E-state index contributed by atoms with van der Waals surface area (Å²) in [7, 11) is 0. The molecule has 0 spiro atoms. The maximum Gasteiger partial charge on any atom is 0.184 e. The number of hydrogen-bond acceptors (Lipinski definition) is 3. The number of rotatable bonds is 2. The Bertz CT molecular complexity index is 637. The van der Waals surface area contributed by atoms with Crippen molar-refractivity contribution in [1.82, 2.24) is 5.43 Å². The highest BCUT2D eigenvalue weighted by molar-refractivity contribution is 7.80. The van der Waals surface area contributed by atoms with Gasteiger partial charge in [-0.15, -0.1) is 0 Å². The Morgan fingerprint density at radius 3 is 2.48 bits per heavy atom. The Kier molecular flexibility index (Phi) is 5.07. The molecule has 4 rings (SSSR count). The van der Waals surface area contributed by atoms with Crippen LogP contribution < -0.4 is 11.2 Å². The minimum atomic E-state index is -0.0515. The van der Waals surface area contributed by atoms with Gasteiger partial charge in [0.1, 0.15) is 0 Å². The molecule has 5 unspecified atom stereocenters. The van der Waals surface area contributed by atoms with Crippen LogP contribution in [0.3, 0.4) is 0 Å². The minimum Gasteiger partial charge on any atom is -0.393 e. The van der Waals surface area contributed by atoms with Crippen molar-refractivity contribution < 1.29 is 5.11 Å². The van der Waals surface area contributed by atoms with E-state index in [-0.39, 0.29) is 11.2 Å². The fraction of sp³-hybridized carbons (Fsp3) is 0.909. The van der Waals surface area contributed by atoms with E-state index in [4.69, 9.17) is 18.0 Å². The third kappa shape index (κ3) is 3.13. The predicted molar refractivity (Wildman–Crippen MR) is 114 cm³/mol. The van der Waals surface area contributed by atoms with Gasteiger partial charge in [0.15, 0.2) is 5.11 Å². The highest BCUT2D eigenvalue weighted by Gasteiger charge is 2.60. The molecular formula is C22H37N3OS. The number of nitrogens with zero attached hydrogens (tertiary/aromatic N) is 1. The van der Waals surface area contributed by atoms with E-state index < -0.39 is 0 Å². The molecule has 8 atom stereocenters. The van der Waals surface area contributed by atoms with Gasteiger partial charge in [-0.2, -0.15) is 5.10 Å². The lowest BCUT2D eigenvalue weighted by Gasteiger charge is -2.61. The van der Waals surface area contributed by atoms with Gasteiger partial charge in [-0.1, -0.05) is 13.8 Å². The number of aliphatic hydroxyl groups is 1. The monoisotopic (exact) mass is 391 g/mol. The zero-order valence-corrected chi connectivity index (χ0v) is 18.0. The molecule has 0 radical (unpaired) electrons. The first-order chi connectivity index (χ1) is 12.8. The summed E-state index contributed by atoms with van der Waals surface area (Å²) in [5.74, 6) is 3.82. The molecule has 0 heterocycles. The Morgan fingerprint density at radius 2 is 1.74 bits per heavy atom. The predicted octanol–water partition coefficient (Wildman–Crippen LogP) is 4.22. The average molecular weight is 392 g/mol. The van der Waals surface area contributed by atoms with Gasteiger partial charge in [-0.05, 0) is 111 Å². The Labute approximate surface area is 169 Å². The largest absolute Gasteiger partial charge is 0.393 e. The lowest BCUT2D eigenvalue weighted by molar-refractivity contribution is -0.123. The van der Waals surface area contributed by atoms with Crippen LogP contribution in [0.25, 0.3) is 0 Å². The maximum atomic E-state index is 10.2. The van der Waals surface area contributed by atoms with Gasteiger partial charge >= 0.3 is 0 Å². The quantitative estimate of drug-likeness (QED) is 0.374. The number of thiocarbonyl (C=S) groups is 1. The molecule has 27 heavy (non-hydrogen) atoms. The summed E-state index contributed by atoms with van der Waals surface area (Å²) in [6, 6.07) is 0. The van der Waals surface area contributed by atoms with Crippen molar-refractivity contribution in [3.63, 3.8) is 0 Å². The highest BCUT2D eigenvalue weighted by Crippen LogP contribution is 2.67. The maximum absolute atomic E-state index is 10.2. The van der Waals surface area contributed by atoms with Crippen LogP contribution in [0.2, 0.25) is 0 Å². The molecular weight excluding hydrogens is 354 g/mol. The zero-order chi connectivity index (χ0) is 19.4. The minimum absolute atomic E-state index is 0.0515. The summed E-state index contributed by atoms with van der Waals surface area (Å²) in [5.41, 5.74) is 10.4. The van der Waals surface area contributed by atoms with Gasteiger partial charge in [0.25, 0.3) is 0 Å². The average Bonchev–Trinajstić information content (AvgIpc) is 2.97. The molecule has 4 fully saturated rings. The van der Waals surface area contributed by atoms with Gasteiger partial charge in [0, 0.05) is 11.6 Å². The molecule has 0 amide bonds. The number of aliphatic hydroxyl groups excluding tert-OH is 1. The van der Waals surface area contributed by atoms with Crippen molar-refractivity contribution in [3.05, 3.63) is 0 Å². The molecule has 4 saturated carbocycles. The standard InChI is InChI=1S/C22H37N3OS/c1-13(24-25-20(23)27)17-6-7-18-16-5-4-14-12-15(26)8-10-21(14,2)19(16)9-11-22(17,18)3/h14-19,26H,4-12H2,1-3H3,(H3,23,25,27)/t14-,15?,16?,17?,18?,19?,21-,22+/m0/s1. The highest BCUT2D eigenvalue weighted by atomic mass is 32.1. The van der Waals surface area contributed by atoms with Crippen LogP contribution >= 0.6 is 12.2 Å². The second kappa shape index (κ2) is 6.98. The second-order valence-corrected chi connectivity index (χ2v) is 10.9. The molecule has 4 N–H and O–H groups in total. The fourth-order valence-corrected chi connectivity index (χ4v) is 8.19. The van der Waals surface area contributed by atoms with E-state index in [1.165, 1.54) is 50.7 Å². The number of fused-ring (bicyclic) bond motifs is 5. The molecule has 0 aromatic heterocycles. The van der Waals surface area contributed by atoms with E-state index in [9.17, 15) is 5.11 Å². The van der Waals surface area contributed by atoms with Gasteiger partial charge in [0.2, 0.25) is 0 Å². The first-order valence-electron chi connectivity index (χ1n) is 11.0. The molecule has 4 nitrogen and oxygen atoms in total. The summed E-state index contributed by atoms with van der Waals surface area (Å²) in [6.07, 6.45) is 11.2. The van der Waals surface area contributed by atoms with Crippen molar-refractivity contribution in [2.24, 2.45) is 51.3 Å². The molecule has 5 heteroatoms. The van der Waals surface area contributed by atoms with Crippen LogP contribution in [-0.4, -0.2) is 22.0 Å². The first-order valence-corrected chi connectivity index (χ1v) is 11.4. The lowest BCUT2D eigenvalue weighted by atomic mass is 9.44. The van der Waals surface area contributed by atoms with Gasteiger partial charge in [-0.25, -0.2) is 0 Å². The lowest BCUT2D eigenvalue weighted by Crippen LogP contribution is -2.54. The van der Waals surface area contributed by atoms with E-state index in [2.05, 4.69) is 31.3 Å². The van der Waals surface area contributed by atoms with Gasteiger partial charge in [-0.3, -0.25) is 5.43 Å². The Morgan fingerprint density at radius 1 is 1.04 bits per heavy atom. The van der Waals surface area contributed by atoms with E-state index in [0.29, 0.717) is 16.7 Å². The van der Waals surface area contributed by atoms with E-state index >= 15 is 0 Å². The van der Waals surface area contributed by atoms with Crippen LogP contribution in [0.15, 0.2) is 5.10 Å². The Balaban J connectivity index is 1.55. The third-order valence-corrected chi connectivity index (χ3v) is 9.58. The number of nitrogens with one attached hydrogen (secondary N) is 1. The van der Waals surface area contributed by atoms with Gasteiger partial charge < -0.3 is 10.8 Å². The molecule has 0 saturated heterocycles. The number of hydrogen-bond donors (Lipinski definition) is 3. The molecule has 0 aromatic carbocycles. The van der Waals surface area contributed by atoms with Crippen LogP contribution in [0.4, 0.5) is 0 Å². The topological polar surface area (TPSA) is 70.6 Å². The van der Waals surface area contributed by atoms with Crippen molar-refractivity contribution in [1.29, 1.82) is 0 Å². The van der Waals surface area contributed by atoms with Crippen molar-refractivity contribution in [2.45, 2.75) is 84.7 Å². The van der Waals surface area contributed by atoms with Crippen molar-refractivity contribution >= 4 is 23.0 Å². The summed E-state index contributed by atoms with van der Waals surface area (Å²) < 4.78 is 0. The molecule has 152 valence electrons. The molecule has 4 aliphatic rings. The summed E-state index contributed by atoms with van der Waals surface area (Å²) in [6.45, 7) is 7.25. The van der Waals surface area contributed by atoms with Crippen LogP contribution in [0, 0.1) is 40.4 Å². The van der Waals surface area contributed by atoms with Crippen LogP contribution in [0.1, 0.15) is 78.6 Å². The summed E-state index contributed by atoms with van der Waals surface area (Å²) >= 11 is 4.92. The third-order valence-electron chi connectivity index (χ3n) is 9.48. The van der Waals surface area contributed by atoms with E-state index in [1.54, 1.807) is 0 Å². The summed E-state index contributed by atoms with van der Waals surface area (Å²) in [5, 5.41) is 15.0. The van der Waals surface area contributed by atoms with E-state index in [0.717, 1.165) is 36.5 Å². The smallest absolute Gasteiger partial charge is 0.184 e. The molecule has 0 bridgehead atoms. The Hall–Kier alpha value is -0.680. The van der Waals surface area contributed by atoms with E-state index in [1.807, 2.05) is 0 Å². The zero-order valence-electron chi connectivity index (χ0n) is 17.2. The van der Waals surface area contributed by atoms with Gasteiger partial charge in [0.05, 0.1) is 6.10 Å². The van der Waals surface area contributed by atoms with Crippen LogP contribution in [-0.2, 0) is 0 Å². The normalized spacial score (nSPS) is 49.7. The SMILES string of the molecule is CC(=NNC(N)=S)C1CCC2C3CC[C@H]4CC(O)CC[C@]4(C)C3CC[C@]12C. The molecule has 0 aliphatic heterocycles. The van der Waals surface area contributed by atoms with Crippen LogP contribution in [0.5, 0.6) is 0 Å².